The second-order valence-electron chi connectivity index (χ2n) is 7.67. The van der Waals surface area contributed by atoms with Gasteiger partial charge in [-0.05, 0) is 53.4 Å². The molecule has 0 atom stereocenters. The molecule has 0 bridgehead atoms. The molecule has 0 unspecified atom stereocenters. The number of fused-ring (bicyclic) bond motifs is 1. The highest BCUT2D eigenvalue weighted by Gasteiger charge is 2.14. The minimum Gasteiger partial charge on any atom is -0.497 e. The summed E-state index contributed by atoms with van der Waals surface area (Å²) in [6.07, 6.45) is 1.56. The maximum absolute atomic E-state index is 11.2. The van der Waals surface area contributed by atoms with Gasteiger partial charge in [0.25, 0.3) is 0 Å². The van der Waals surface area contributed by atoms with E-state index < -0.39 is 5.97 Å². The highest BCUT2D eigenvalue weighted by atomic mass is 16.5. The Kier molecular flexibility index (Phi) is 6.14. The number of benzene rings is 3. The Hall–Kier alpha value is -3.77. The molecule has 3 N–H and O–H groups in total. The largest absolute Gasteiger partial charge is 0.497 e. The number of methoxy groups -OCH3 is 1. The van der Waals surface area contributed by atoms with Crippen LogP contribution in [0.2, 0.25) is 0 Å². The average Bonchev–Trinajstić information content (AvgIpc) is 3.21. The Morgan fingerprint density at radius 2 is 1.91 bits per heavy atom. The molecule has 164 valence electrons. The number of aliphatic carboxylic acids is 1. The SMILES string of the molecule is COc1ccc(CC(=O)O)c(OCc2coc3c(C)cc(-c4cccc(CN)c4)cc23)c1. The third-order valence-electron chi connectivity index (χ3n) is 5.43. The molecular formula is C26H25NO5. The lowest BCUT2D eigenvalue weighted by Gasteiger charge is -2.12. The predicted octanol–water partition coefficient (Wildman–Crippen LogP) is 5.08. The topological polar surface area (TPSA) is 94.9 Å². The minimum absolute atomic E-state index is 0.133. The van der Waals surface area contributed by atoms with Gasteiger partial charge in [-0.3, -0.25) is 4.79 Å². The number of ether oxygens (including phenoxy) is 2. The fourth-order valence-corrected chi connectivity index (χ4v) is 3.78. The van der Waals surface area contributed by atoms with Crippen LogP contribution in [0.3, 0.4) is 0 Å². The third-order valence-corrected chi connectivity index (χ3v) is 5.43. The van der Waals surface area contributed by atoms with Gasteiger partial charge in [-0.2, -0.15) is 0 Å². The monoisotopic (exact) mass is 431 g/mol. The number of rotatable bonds is 8. The van der Waals surface area contributed by atoms with Crippen molar-refractivity contribution in [3.8, 4) is 22.6 Å². The molecule has 0 spiro atoms. The van der Waals surface area contributed by atoms with E-state index in [9.17, 15) is 9.90 Å². The summed E-state index contributed by atoms with van der Waals surface area (Å²) in [7, 11) is 1.56. The fourth-order valence-electron chi connectivity index (χ4n) is 3.78. The van der Waals surface area contributed by atoms with Crippen LogP contribution in [0.25, 0.3) is 22.1 Å². The summed E-state index contributed by atoms with van der Waals surface area (Å²) in [5, 5.41) is 10.2. The number of hydrogen-bond donors (Lipinski definition) is 2. The Balaban J connectivity index is 1.67. The van der Waals surface area contributed by atoms with Crippen molar-refractivity contribution in [3.05, 3.63) is 83.1 Å². The number of carboxylic acid groups (broad SMARTS) is 1. The van der Waals surface area contributed by atoms with E-state index in [0.29, 0.717) is 23.6 Å². The van der Waals surface area contributed by atoms with E-state index in [-0.39, 0.29) is 13.0 Å². The van der Waals surface area contributed by atoms with Gasteiger partial charge in [0.1, 0.15) is 23.7 Å². The molecular weight excluding hydrogens is 406 g/mol. The summed E-state index contributed by atoms with van der Waals surface area (Å²) in [6.45, 7) is 2.73. The van der Waals surface area contributed by atoms with Gasteiger partial charge in [-0.25, -0.2) is 0 Å². The van der Waals surface area contributed by atoms with Crippen LogP contribution in [0.1, 0.15) is 22.3 Å². The van der Waals surface area contributed by atoms with Gasteiger partial charge in [0.05, 0.1) is 19.8 Å². The van der Waals surface area contributed by atoms with E-state index in [0.717, 1.165) is 38.8 Å². The molecule has 0 saturated carbocycles. The summed E-state index contributed by atoms with van der Waals surface area (Å²) in [6, 6.07) is 17.5. The summed E-state index contributed by atoms with van der Waals surface area (Å²) in [4.78, 5) is 11.2. The van der Waals surface area contributed by atoms with E-state index in [1.54, 1.807) is 31.6 Å². The molecule has 4 rings (SSSR count). The van der Waals surface area contributed by atoms with Crippen molar-refractivity contribution in [1.82, 2.24) is 0 Å². The summed E-state index contributed by atoms with van der Waals surface area (Å²) in [5.41, 5.74) is 12.3. The maximum atomic E-state index is 11.2. The van der Waals surface area contributed by atoms with Crippen LogP contribution in [0, 0.1) is 6.92 Å². The predicted molar refractivity (Wildman–Crippen MR) is 123 cm³/mol. The Morgan fingerprint density at radius 1 is 1.06 bits per heavy atom. The lowest BCUT2D eigenvalue weighted by atomic mass is 9.98. The minimum atomic E-state index is -0.922. The molecule has 4 aromatic rings. The van der Waals surface area contributed by atoms with Gasteiger partial charge in [0, 0.05) is 29.1 Å². The van der Waals surface area contributed by atoms with E-state index >= 15 is 0 Å². The molecule has 0 aliphatic rings. The molecule has 0 fully saturated rings. The molecule has 1 heterocycles. The van der Waals surface area contributed by atoms with Crippen LogP contribution in [0.4, 0.5) is 0 Å². The van der Waals surface area contributed by atoms with Gasteiger partial charge >= 0.3 is 5.97 Å². The normalized spacial score (nSPS) is 11.0. The molecule has 0 saturated heterocycles. The Labute approximate surface area is 186 Å². The zero-order valence-electron chi connectivity index (χ0n) is 18.1. The zero-order valence-corrected chi connectivity index (χ0v) is 18.1. The second-order valence-corrected chi connectivity index (χ2v) is 7.67. The van der Waals surface area contributed by atoms with Gasteiger partial charge in [0.2, 0.25) is 0 Å². The zero-order chi connectivity index (χ0) is 22.7. The van der Waals surface area contributed by atoms with Gasteiger partial charge in [-0.15, -0.1) is 0 Å². The summed E-state index contributed by atoms with van der Waals surface area (Å²) < 4.78 is 17.1. The molecule has 6 nitrogen and oxygen atoms in total. The van der Waals surface area contributed by atoms with Crippen LogP contribution >= 0.6 is 0 Å². The van der Waals surface area contributed by atoms with Crippen molar-refractivity contribution in [1.29, 1.82) is 0 Å². The van der Waals surface area contributed by atoms with Crippen LogP contribution < -0.4 is 15.2 Å². The smallest absolute Gasteiger partial charge is 0.307 e. The first kappa shape index (κ1) is 21.5. The summed E-state index contributed by atoms with van der Waals surface area (Å²) in [5.74, 6) is 0.155. The first-order valence-corrected chi connectivity index (χ1v) is 10.3. The van der Waals surface area contributed by atoms with Crippen molar-refractivity contribution in [2.75, 3.05) is 7.11 Å². The first-order chi connectivity index (χ1) is 15.5. The number of aryl methyl sites for hydroxylation is 1. The quantitative estimate of drug-likeness (QED) is 0.404. The second kappa shape index (κ2) is 9.16. The molecule has 0 amide bonds. The molecule has 0 aliphatic carbocycles. The first-order valence-electron chi connectivity index (χ1n) is 10.3. The van der Waals surface area contributed by atoms with Crippen molar-refractivity contribution >= 4 is 16.9 Å². The van der Waals surface area contributed by atoms with Crippen molar-refractivity contribution in [3.63, 3.8) is 0 Å². The summed E-state index contributed by atoms with van der Waals surface area (Å²) >= 11 is 0. The number of hydrogen-bond acceptors (Lipinski definition) is 5. The van der Waals surface area contributed by atoms with E-state index in [2.05, 4.69) is 24.3 Å². The lowest BCUT2D eigenvalue weighted by Crippen LogP contribution is -2.04. The molecule has 6 heteroatoms. The number of nitrogens with two attached hydrogens (primary N) is 1. The highest BCUT2D eigenvalue weighted by molar-refractivity contribution is 5.89. The van der Waals surface area contributed by atoms with Crippen molar-refractivity contribution in [2.24, 2.45) is 5.73 Å². The molecule has 0 aliphatic heterocycles. The van der Waals surface area contributed by atoms with Gasteiger partial charge < -0.3 is 24.7 Å². The maximum Gasteiger partial charge on any atom is 0.307 e. The van der Waals surface area contributed by atoms with Crippen LogP contribution in [-0.4, -0.2) is 18.2 Å². The molecule has 1 aromatic heterocycles. The van der Waals surface area contributed by atoms with Crippen LogP contribution in [-0.2, 0) is 24.4 Å². The molecule has 32 heavy (non-hydrogen) atoms. The fraction of sp³-hybridized carbons (Fsp3) is 0.192. The van der Waals surface area contributed by atoms with Crippen molar-refractivity contribution in [2.45, 2.75) is 26.5 Å². The van der Waals surface area contributed by atoms with E-state index in [1.807, 2.05) is 19.1 Å². The highest BCUT2D eigenvalue weighted by Crippen LogP contribution is 2.33. The number of carbonyl (C=O) groups is 1. The Bertz CT molecular complexity index is 1270. The van der Waals surface area contributed by atoms with Crippen molar-refractivity contribution < 1.29 is 23.8 Å². The molecule has 3 aromatic carbocycles. The lowest BCUT2D eigenvalue weighted by molar-refractivity contribution is -0.136. The van der Waals surface area contributed by atoms with E-state index in [4.69, 9.17) is 19.6 Å². The van der Waals surface area contributed by atoms with Gasteiger partial charge in [0.15, 0.2) is 0 Å². The van der Waals surface area contributed by atoms with E-state index in [1.165, 1.54) is 0 Å². The Morgan fingerprint density at radius 3 is 2.66 bits per heavy atom. The standard InChI is InChI=1S/C26H25NO5/c1-16-8-20(18-5-3-4-17(9-18)13-27)10-23-21(15-32-26(16)23)14-31-24-12-22(30-2)7-6-19(24)11-25(28)29/h3-10,12,15H,11,13-14,27H2,1-2H3,(H,28,29). The molecule has 0 radical (unpaired) electrons. The third kappa shape index (κ3) is 4.45. The van der Waals surface area contributed by atoms with Crippen LogP contribution in [0.5, 0.6) is 11.5 Å². The number of furan rings is 1. The number of carboxylic acids is 1. The van der Waals surface area contributed by atoms with Crippen LogP contribution in [0.15, 0.2) is 65.3 Å². The van der Waals surface area contributed by atoms with Gasteiger partial charge in [-0.1, -0.05) is 24.3 Å². The average molecular weight is 431 g/mol.